The lowest BCUT2D eigenvalue weighted by Gasteiger charge is -2.14. The van der Waals surface area contributed by atoms with Gasteiger partial charge in [-0.05, 0) is 83.0 Å². The van der Waals surface area contributed by atoms with Crippen molar-refractivity contribution in [2.75, 3.05) is 13.7 Å². The van der Waals surface area contributed by atoms with Crippen molar-refractivity contribution in [3.63, 3.8) is 0 Å². The summed E-state index contributed by atoms with van der Waals surface area (Å²) in [6, 6.07) is 26.0. The molecule has 6 aromatic rings. The van der Waals surface area contributed by atoms with Crippen molar-refractivity contribution in [1.82, 2.24) is 9.66 Å². The molecular weight excluding hydrogens is 678 g/mol. The SMILES string of the molecule is CCOc1cc(C=Nn2c(-c3cc4c(OC)cccc4o3)nc3ccccc3c2=O)c(Br)cc1OCc1ccc(Br)cc1. The highest BCUT2D eigenvalue weighted by Gasteiger charge is 2.18. The predicted molar refractivity (Wildman–Crippen MR) is 175 cm³/mol. The lowest BCUT2D eigenvalue weighted by Crippen LogP contribution is -2.20. The molecule has 0 spiro atoms. The number of rotatable bonds is 9. The van der Waals surface area contributed by atoms with Crippen LogP contribution >= 0.6 is 31.9 Å². The van der Waals surface area contributed by atoms with Crippen LogP contribution in [0.2, 0.25) is 0 Å². The molecule has 0 atom stereocenters. The first kappa shape index (κ1) is 28.7. The Hall–Kier alpha value is -4.41. The van der Waals surface area contributed by atoms with E-state index in [1.807, 2.05) is 67.6 Å². The Kier molecular flexibility index (Phi) is 8.31. The normalized spacial score (nSPS) is 11.4. The van der Waals surface area contributed by atoms with E-state index in [1.54, 1.807) is 37.6 Å². The number of nitrogens with zero attached hydrogens (tertiary/aromatic N) is 3. The summed E-state index contributed by atoms with van der Waals surface area (Å²) in [6.07, 6.45) is 1.58. The van der Waals surface area contributed by atoms with Crippen molar-refractivity contribution in [2.24, 2.45) is 5.10 Å². The van der Waals surface area contributed by atoms with E-state index < -0.39 is 0 Å². The number of hydrogen-bond acceptors (Lipinski definition) is 7. The van der Waals surface area contributed by atoms with E-state index in [4.69, 9.17) is 23.6 Å². The molecule has 0 unspecified atom stereocenters. The monoisotopic (exact) mass is 701 g/mol. The highest BCUT2D eigenvalue weighted by Crippen LogP contribution is 2.35. The van der Waals surface area contributed by atoms with Gasteiger partial charge in [0.15, 0.2) is 17.3 Å². The van der Waals surface area contributed by atoms with Crippen LogP contribution in [-0.4, -0.2) is 29.6 Å². The molecule has 4 aromatic carbocycles. The summed E-state index contributed by atoms with van der Waals surface area (Å²) in [4.78, 5) is 18.5. The average molecular weight is 703 g/mol. The molecule has 0 radical (unpaired) electrons. The van der Waals surface area contributed by atoms with Crippen LogP contribution in [0, 0.1) is 0 Å². The van der Waals surface area contributed by atoms with Crippen molar-refractivity contribution in [2.45, 2.75) is 13.5 Å². The molecule has 10 heteroatoms. The highest BCUT2D eigenvalue weighted by atomic mass is 79.9. The molecule has 216 valence electrons. The number of hydrogen-bond donors (Lipinski definition) is 0. The van der Waals surface area contributed by atoms with E-state index in [-0.39, 0.29) is 11.4 Å². The minimum atomic E-state index is -0.333. The van der Waals surface area contributed by atoms with Gasteiger partial charge in [-0.15, -0.1) is 0 Å². The van der Waals surface area contributed by atoms with Crippen LogP contribution < -0.4 is 19.8 Å². The topological polar surface area (TPSA) is 88.1 Å². The Bertz CT molecular complexity index is 2030. The molecule has 0 N–H and O–H groups in total. The van der Waals surface area contributed by atoms with Gasteiger partial charge in [0.1, 0.15) is 17.9 Å². The van der Waals surface area contributed by atoms with E-state index in [9.17, 15) is 4.79 Å². The van der Waals surface area contributed by atoms with Gasteiger partial charge in [0, 0.05) is 14.5 Å². The van der Waals surface area contributed by atoms with E-state index in [0.29, 0.717) is 62.7 Å². The molecule has 0 aliphatic heterocycles. The van der Waals surface area contributed by atoms with Crippen LogP contribution in [0.1, 0.15) is 18.1 Å². The minimum Gasteiger partial charge on any atom is -0.496 e. The largest absolute Gasteiger partial charge is 0.496 e. The molecular formula is C33H25Br2N3O5. The average Bonchev–Trinajstić information content (AvgIpc) is 3.46. The Morgan fingerprint density at radius 1 is 0.907 bits per heavy atom. The van der Waals surface area contributed by atoms with Crippen LogP contribution in [0.5, 0.6) is 17.2 Å². The molecule has 2 aromatic heterocycles. The van der Waals surface area contributed by atoms with Crippen molar-refractivity contribution < 1.29 is 18.6 Å². The van der Waals surface area contributed by atoms with Gasteiger partial charge >= 0.3 is 0 Å². The molecule has 8 nitrogen and oxygen atoms in total. The van der Waals surface area contributed by atoms with Crippen molar-refractivity contribution >= 4 is 59.9 Å². The third-order valence-electron chi connectivity index (χ3n) is 6.70. The number of furan rings is 1. The minimum absolute atomic E-state index is 0.258. The first-order chi connectivity index (χ1) is 20.9. The van der Waals surface area contributed by atoms with Crippen LogP contribution in [0.15, 0.2) is 108 Å². The zero-order chi connectivity index (χ0) is 29.9. The zero-order valence-electron chi connectivity index (χ0n) is 23.2. The van der Waals surface area contributed by atoms with E-state index in [1.165, 1.54) is 4.68 Å². The Morgan fingerprint density at radius 3 is 2.49 bits per heavy atom. The second-order valence-electron chi connectivity index (χ2n) is 9.47. The molecule has 6 rings (SSSR count). The molecule has 0 fully saturated rings. The molecule has 0 saturated heterocycles. The highest BCUT2D eigenvalue weighted by molar-refractivity contribution is 9.10. The zero-order valence-corrected chi connectivity index (χ0v) is 26.4. The van der Waals surface area contributed by atoms with Crippen LogP contribution in [0.25, 0.3) is 33.5 Å². The molecule has 43 heavy (non-hydrogen) atoms. The number of methoxy groups -OCH3 is 1. The van der Waals surface area contributed by atoms with Crippen molar-refractivity contribution in [3.05, 3.63) is 115 Å². The molecule has 2 heterocycles. The summed E-state index contributed by atoms with van der Waals surface area (Å²) in [5.74, 6) is 2.42. The van der Waals surface area contributed by atoms with E-state index in [2.05, 4.69) is 37.0 Å². The summed E-state index contributed by atoms with van der Waals surface area (Å²) >= 11 is 7.09. The van der Waals surface area contributed by atoms with Gasteiger partial charge < -0.3 is 18.6 Å². The van der Waals surface area contributed by atoms with Crippen molar-refractivity contribution in [1.29, 1.82) is 0 Å². The Labute approximate surface area is 263 Å². The van der Waals surface area contributed by atoms with Gasteiger partial charge in [0.2, 0.25) is 5.82 Å². The summed E-state index contributed by atoms with van der Waals surface area (Å²) in [5, 5.41) is 5.80. The summed E-state index contributed by atoms with van der Waals surface area (Å²) < 4.78 is 26.6. The maximum absolute atomic E-state index is 13.7. The van der Waals surface area contributed by atoms with Crippen LogP contribution in [-0.2, 0) is 6.61 Å². The second kappa shape index (κ2) is 12.4. The molecule has 0 bridgehead atoms. The van der Waals surface area contributed by atoms with Crippen molar-refractivity contribution in [3.8, 4) is 28.8 Å². The molecule has 0 amide bonds. The first-order valence-electron chi connectivity index (χ1n) is 13.4. The third kappa shape index (κ3) is 5.93. The van der Waals surface area contributed by atoms with Gasteiger partial charge in [0.25, 0.3) is 5.56 Å². The summed E-state index contributed by atoms with van der Waals surface area (Å²) in [5.41, 5.74) is 2.51. The van der Waals surface area contributed by atoms with Gasteiger partial charge in [-0.2, -0.15) is 9.78 Å². The van der Waals surface area contributed by atoms with Crippen LogP contribution in [0.3, 0.4) is 0 Å². The summed E-state index contributed by atoms with van der Waals surface area (Å²) in [6.45, 7) is 2.72. The van der Waals surface area contributed by atoms with Crippen LogP contribution in [0.4, 0.5) is 0 Å². The number of para-hydroxylation sites is 1. The predicted octanol–water partition coefficient (Wildman–Crippen LogP) is 8.20. The fourth-order valence-corrected chi connectivity index (χ4v) is 5.29. The number of benzene rings is 4. The number of halogens is 2. The first-order valence-corrected chi connectivity index (χ1v) is 15.0. The standard InChI is InChI=1S/C33H25Br2N3O5/c1-3-41-29-15-21(25(35)17-30(29)42-19-20-11-13-22(34)14-12-20)18-36-38-32(37-26-8-5-4-7-23(26)33(38)39)31-16-24-27(40-2)9-6-10-28(24)43-31/h4-18H,3,19H2,1-2H3. The molecule has 0 saturated carbocycles. The van der Waals surface area contributed by atoms with E-state index >= 15 is 0 Å². The Balaban J connectivity index is 1.41. The fraction of sp³-hybridized carbons (Fsp3) is 0.121. The molecule has 0 aliphatic rings. The summed E-state index contributed by atoms with van der Waals surface area (Å²) in [7, 11) is 1.60. The van der Waals surface area contributed by atoms with Gasteiger partial charge in [-0.1, -0.05) is 46.3 Å². The maximum Gasteiger partial charge on any atom is 0.282 e. The number of ether oxygens (including phenoxy) is 3. The smallest absolute Gasteiger partial charge is 0.282 e. The van der Waals surface area contributed by atoms with Gasteiger partial charge in [-0.3, -0.25) is 4.79 Å². The van der Waals surface area contributed by atoms with E-state index in [0.717, 1.165) is 15.4 Å². The third-order valence-corrected chi connectivity index (χ3v) is 7.91. The fourth-order valence-electron chi connectivity index (χ4n) is 4.61. The molecule has 0 aliphatic carbocycles. The lowest BCUT2D eigenvalue weighted by molar-refractivity contribution is 0.269. The second-order valence-corrected chi connectivity index (χ2v) is 11.2. The Morgan fingerprint density at radius 2 is 1.70 bits per heavy atom. The number of fused-ring (bicyclic) bond motifs is 2. The van der Waals surface area contributed by atoms with Gasteiger partial charge in [-0.25, -0.2) is 4.98 Å². The number of aromatic nitrogens is 2. The lowest BCUT2D eigenvalue weighted by atomic mass is 10.2. The van der Waals surface area contributed by atoms with Gasteiger partial charge in [0.05, 0.1) is 36.2 Å². The quantitative estimate of drug-likeness (QED) is 0.141. The maximum atomic E-state index is 13.7.